The molecule has 0 aliphatic heterocycles. The zero-order chi connectivity index (χ0) is 20.5. The fourth-order valence-corrected chi connectivity index (χ4v) is 4.55. The normalized spacial score (nSPS) is 11.6. The van der Waals surface area contributed by atoms with E-state index in [1.807, 2.05) is 19.9 Å². The molecule has 1 aromatic carbocycles. The molecule has 8 nitrogen and oxygen atoms in total. The Hall–Kier alpha value is -2.94. The van der Waals surface area contributed by atoms with Crippen LogP contribution < -0.4 is 4.72 Å². The molecule has 0 aliphatic rings. The second-order valence-electron chi connectivity index (χ2n) is 6.61. The number of hydrogen-bond donors (Lipinski definition) is 1. The van der Waals surface area contributed by atoms with Gasteiger partial charge < -0.3 is 8.94 Å². The molecular weight excluding hydrogens is 382 g/mol. The minimum absolute atomic E-state index is 0.109. The number of hydrogen-bond acceptors (Lipinski definition) is 7. The summed E-state index contributed by atoms with van der Waals surface area (Å²) in [6.45, 7) is 7.15. The lowest BCUT2D eigenvalue weighted by Crippen LogP contribution is -2.32. The average Bonchev–Trinajstić information content (AvgIpc) is 3.29. The quantitative estimate of drug-likeness (QED) is 0.672. The summed E-state index contributed by atoms with van der Waals surface area (Å²) in [7, 11) is -3.98. The second-order valence-corrected chi connectivity index (χ2v) is 8.23. The number of nitrogens with one attached hydrogen (secondary N) is 1. The molecule has 0 bridgehead atoms. The number of benzene rings is 1. The summed E-state index contributed by atoms with van der Waals surface area (Å²) in [6, 6.07) is 5.31. The van der Waals surface area contributed by atoms with Crippen molar-refractivity contribution in [3.63, 3.8) is 0 Å². The lowest BCUT2D eigenvalue weighted by Gasteiger charge is -2.16. The van der Waals surface area contributed by atoms with E-state index < -0.39 is 15.9 Å². The molecule has 1 N–H and O–H groups in total. The van der Waals surface area contributed by atoms with E-state index in [4.69, 9.17) is 8.94 Å². The van der Waals surface area contributed by atoms with E-state index in [1.165, 1.54) is 6.26 Å². The number of carbonyl (C=O) groups excluding carboxylic acids is 1. The van der Waals surface area contributed by atoms with Crippen LogP contribution in [-0.2, 0) is 21.2 Å². The molecule has 0 fully saturated rings. The van der Waals surface area contributed by atoms with Crippen LogP contribution in [0.1, 0.15) is 34.6 Å². The van der Waals surface area contributed by atoms with Crippen LogP contribution in [0.4, 0.5) is 0 Å². The molecule has 28 heavy (non-hydrogen) atoms. The first-order valence-electron chi connectivity index (χ1n) is 8.68. The van der Waals surface area contributed by atoms with Crippen LogP contribution in [-0.4, -0.2) is 24.5 Å². The first-order chi connectivity index (χ1) is 13.2. The van der Waals surface area contributed by atoms with E-state index in [1.54, 1.807) is 26.0 Å². The van der Waals surface area contributed by atoms with Crippen molar-refractivity contribution in [2.75, 3.05) is 0 Å². The molecule has 2 aromatic heterocycles. The summed E-state index contributed by atoms with van der Waals surface area (Å²) in [5.41, 5.74) is 2.96. The van der Waals surface area contributed by atoms with E-state index in [0.29, 0.717) is 16.9 Å². The highest BCUT2D eigenvalue weighted by Crippen LogP contribution is 2.26. The van der Waals surface area contributed by atoms with Crippen LogP contribution in [0.3, 0.4) is 0 Å². The smallest absolute Gasteiger partial charge is 0.264 e. The SMILES string of the molecule is Cc1cc(C)c(C)c(S(=O)(=O)NC(=O)CCc2nc(-c3ccco3)no2)c1C. The number of furan rings is 1. The van der Waals surface area contributed by atoms with E-state index in [-0.39, 0.29) is 29.5 Å². The molecule has 0 saturated carbocycles. The zero-order valence-electron chi connectivity index (χ0n) is 16.1. The highest BCUT2D eigenvalue weighted by Gasteiger charge is 2.24. The van der Waals surface area contributed by atoms with Gasteiger partial charge in [0.1, 0.15) is 0 Å². The van der Waals surface area contributed by atoms with Gasteiger partial charge in [0, 0.05) is 12.8 Å². The van der Waals surface area contributed by atoms with Crippen molar-refractivity contribution in [2.45, 2.75) is 45.4 Å². The van der Waals surface area contributed by atoms with Gasteiger partial charge in [-0.2, -0.15) is 4.98 Å². The van der Waals surface area contributed by atoms with E-state index in [9.17, 15) is 13.2 Å². The number of amides is 1. The van der Waals surface area contributed by atoms with Crippen LogP contribution in [0.5, 0.6) is 0 Å². The maximum absolute atomic E-state index is 12.8. The van der Waals surface area contributed by atoms with E-state index in [2.05, 4.69) is 14.9 Å². The predicted octanol–water partition coefficient (Wildman–Crippen LogP) is 3.00. The molecule has 3 aromatic rings. The zero-order valence-corrected chi connectivity index (χ0v) is 16.9. The van der Waals surface area contributed by atoms with Crippen molar-refractivity contribution in [3.8, 4) is 11.6 Å². The highest BCUT2D eigenvalue weighted by molar-refractivity contribution is 7.90. The largest absolute Gasteiger partial charge is 0.461 e. The summed E-state index contributed by atoms with van der Waals surface area (Å²) in [4.78, 5) is 16.5. The Morgan fingerprint density at radius 1 is 1.14 bits per heavy atom. The van der Waals surface area contributed by atoms with Crippen LogP contribution in [0.2, 0.25) is 0 Å². The summed E-state index contributed by atoms with van der Waals surface area (Å²) >= 11 is 0. The third kappa shape index (κ3) is 3.99. The van der Waals surface area contributed by atoms with Gasteiger partial charge >= 0.3 is 0 Å². The molecule has 148 valence electrons. The van der Waals surface area contributed by atoms with Crippen molar-refractivity contribution >= 4 is 15.9 Å². The van der Waals surface area contributed by atoms with Gasteiger partial charge in [0.15, 0.2) is 5.76 Å². The number of nitrogens with zero attached hydrogens (tertiary/aromatic N) is 2. The van der Waals surface area contributed by atoms with Crippen molar-refractivity contribution in [1.29, 1.82) is 0 Å². The molecule has 0 radical (unpaired) electrons. The Kier molecular flexibility index (Phi) is 5.37. The minimum Gasteiger partial charge on any atom is -0.461 e. The Labute approximate surface area is 163 Å². The first kappa shape index (κ1) is 19.8. The minimum atomic E-state index is -3.98. The lowest BCUT2D eigenvalue weighted by atomic mass is 10.0. The van der Waals surface area contributed by atoms with Crippen LogP contribution in [0.15, 0.2) is 38.3 Å². The van der Waals surface area contributed by atoms with Gasteiger partial charge in [0.25, 0.3) is 10.0 Å². The molecule has 9 heteroatoms. The van der Waals surface area contributed by atoms with Crippen molar-refractivity contribution in [2.24, 2.45) is 0 Å². The maximum Gasteiger partial charge on any atom is 0.264 e. The third-order valence-corrected chi connectivity index (χ3v) is 6.24. The van der Waals surface area contributed by atoms with Crippen LogP contribution >= 0.6 is 0 Å². The summed E-state index contributed by atoms with van der Waals surface area (Å²) in [6.07, 6.45) is 1.49. The number of aromatic nitrogens is 2. The summed E-state index contributed by atoms with van der Waals surface area (Å²) in [5, 5.41) is 3.77. The Morgan fingerprint density at radius 2 is 1.82 bits per heavy atom. The molecule has 3 rings (SSSR count). The van der Waals surface area contributed by atoms with Crippen molar-refractivity contribution in [3.05, 3.63) is 52.6 Å². The van der Waals surface area contributed by atoms with Gasteiger partial charge in [-0.15, -0.1) is 0 Å². The fraction of sp³-hybridized carbons (Fsp3) is 0.316. The molecule has 2 heterocycles. The number of carbonyl (C=O) groups is 1. The molecule has 1 amide bonds. The van der Waals surface area contributed by atoms with Crippen molar-refractivity contribution in [1.82, 2.24) is 14.9 Å². The number of rotatable bonds is 6. The Balaban J connectivity index is 1.70. The van der Waals surface area contributed by atoms with E-state index >= 15 is 0 Å². The summed E-state index contributed by atoms with van der Waals surface area (Å²) < 4.78 is 37.9. The van der Waals surface area contributed by atoms with Gasteiger partial charge in [0.2, 0.25) is 17.6 Å². The fourth-order valence-electron chi connectivity index (χ4n) is 2.92. The van der Waals surface area contributed by atoms with Gasteiger partial charge in [-0.25, -0.2) is 13.1 Å². The lowest BCUT2D eigenvalue weighted by molar-refractivity contribution is -0.119. The predicted molar refractivity (Wildman–Crippen MR) is 101 cm³/mol. The highest BCUT2D eigenvalue weighted by atomic mass is 32.2. The molecule has 0 saturated heterocycles. The molecule has 0 spiro atoms. The van der Waals surface area contributed by atoms with Gasteiger partial charge in [-0.3, -0.25) is 4.79 Å². The summed E-state index contributed by atoms with van der Waals surface area (Å²) in [5.74, 6) is 0.297. The molecular formula is C19H21N3O5S. The Morgan fingerprint density at radius 3 is 2.43 bits per heavy atom. The van der Waals surface area contributed by atoms with Gasteiger partial charge in [-0.05, 0) is 62.1 Å². The molecule has 0 atom stereocenters. The monoisotopic (exact) mass is 403 g/mol. The first-order valence-corrected chi connectivity index (χ1v) is 10.2. The molecule has 0 aliphatic carbocycles. The topological polar surface area (TPSA) is 115 Å². The number of sulfonamides is 1. The molecule has 0 unspecified atom stereocenters. The van der Waals surface area contributed by atoms with Crippen LogP contribution in [0, 0.1) is 27.7 Å². The Bertz CT molecular complexity index is 1090. The van der Waals surface area contributed by atoms with Crippen LogP contribution in [0.25, 0.3) is 11.6 Å². The number of aryl methyl sites for hydroxylation is 3. The average molecular weight is 403 g/mol. The standard InChI is InChI=1S/C19H21N3O5S/c1-11-10-12(2)14(4)18(13(11)3)28(24,25)22-16(23)7-8-17-20-19(21-27-17)15-6-5-9-26-15/h5-6,9-10H,7-8H2,1-4H3,(H,22,23). The third-order valence-electron chi connectivity index (χ3n) is 4.59. The van der Waals surface area contributed by atoms with Gasteiger partial charge in [-0.1, -0.05) is 11.2 Å². The van der Waals surface area contributed by atoms with Gasteiger partial charge in [0.05, 0.1) is 11.2 Å². The van der Waals surface area contributed by atoms with E-state index in [0.717, 1.165) is 11.1 Å². The second kappa shape index (κ2) is 7.59. The maximum atomic E-state index is 12.8. The van der Waals surface area contributed by atoms with Crippen molar-refractivity contribution < 1.29 is 22.2 Å².